The molecule has 0 aliphatic rings. The van der Waals surface area contributed by atoms with E-state index in [1.807, 2.05) is 42.7 Å². The van der Waals surface area contributed by atoms with E-state index in [9.17, 15) is 18.0 Å². The van der Waals surface area contributed by atoms with Gasteiger partial charge in [-0.15, -0.1) is 0 Å². The number of hydrogen-bond donors (Lipinski definition) is 0. The number of carbonyl (C=O) groups excluding carboxylic acids is 1. The molecule has 0 aliphatic heterocycles. The number of fused-ring (bicyclic) bond motifs is 1. The minimum absolute atomic E-state index is 0.0434. The van der Waals surface area contributed by atoms with Crippen LogP contribution >= 0.6 is 0 Å². The van der Waals surface area contributed by atoms with Gasteiger partial charge in [0.15, 0.2) is 5.78 Å². The lowest BCUT2D eigenvalue weighted by Gasteiger charge is -2.12. The first-order chi connectivity index (χ1) is 11.8. The van der Waals surface area contributed by atoms with E-state index in [1.54, 1.807) is 6.20 Å². The van der Waals surface area contributed by atoms with Gasteiger partial charge in [-0.25, -0.2) is 0 Å². The van der Waals surface area contributed by atoms with Gasteiger partial charge >= 0.3 is 6.18 Å². The topological polar surface area (TPSA) is 22.0 Å². The Hall–Kier alpha value is -2.56. The van der Waals surface area contributed by atoms with Crippen LogP contribution in [0.5, 0.6) is 0 Å². The molecule has 0 amide bonds. The van der Waals surface area contributed by atoms with Crippen LogP contribution in [-0.2, 0) is 6.18 Å². The summed E-state index contributed by atoms with van der Waals surface area (Å²) < 4.78 is 40.8. The Balaban J connectivity index is 2.12. The van der Waals surface area contributed by atoms with Crippen molar-refractivity contribution in [2.24, 2.45) is 0 Å². The average Bonchev–Trinajstić information content (AvgIpc) is 2.99. The summed E-state index contributed by atoms with van der Waals surface area (Å²) in [7, 11) is 0. The predicted octanol–water partition coefficient (Wildman–Crippen LogP) is 5.86. The van der Waals surface area contributed by atoms with Crippen molar-refractivity contribution in [3.05, 3.63) is 71.4 Å². The molecule has 0 aliphatic carbocycles. The molecule has 0 radical (unpaired) electrons. The number of ketones is 1. The van der Waals surface area contributed by atoms with Crippen molar-refractivity contribution in [2.45, 2.75) is 32.5 Å². The molecule has 0 saturated carbocycles. The maximum Gasteiger partial charge on any atom is 0.416 e. The molecule has 1 atom stereocenters. The zero-order valence-corrected chi connectivity index (χ0v) is 14.0. The van der Waals surface area contributed by atoms with Crippen molar-refractivity contribution in [2.75, 3.05) is 0 Å². The van der Waals surface area contributed by atoms with Crippen LogP contribution in [0, 0.1) is 0 Å². The summed E-state index contributed by atoms with van der Waals surface area (Å²) in [4.78, 5) is 12.9. The van der Waals surface area contributed by atoms with Crippen LogP contribution in [0.1, 0.15) is 47.8 Å². The van der Waals surface area contributed by atoms with Gasteiger partial charge in [-0.2, -0.15) is 13.2 Å². The molecule has 3 rings (SSSR count). The molecule has 3 aromatic rings. The van der Waals surface area contributed by atoms with Crippen molar-refractivity contribution in [1.29, 1.82) is 0 Å². The highest BCUT2D eigenvalue weighted by Crippen LogP contribution is 2.31. The number of aromatic nitrogens is 1. The minimum Gasteiger partial charge on any atom is -0.344 e. The summed E-state index contributed by atoms with van der Waals surface area (Å²) >= 11 is 0. The number of hydrogen-bond acceptors (Lipinski definition) is 1. The highest BCUT2D eigenvalue weighted by atomic mass is 19.4. The lowest BCUT2D eigenvalue weighted by Crippen LogP contribution is -2.08. The third-order valence-corrected chi connectivity index (χ3v) is 4.50. The molecular weight excluding hydrogens is 327 g/mol. The molecule has 25 heavy (non-hydrogen) atoms. The highest BCUT2D eigenvalue weighted by Gasteiger charge is 2.31. The molecule has 0 spiro atoms. The van der Waals surface area contributed by atoms with Crippen LogP contribution in [0.15, 0.2) is 54.7 Å². The molecular formula is C20H18F3NO. The third kappa shape index (κ3) is 3.18. The number of rotatable bonds is 4. The van der Waals surface area contributed by atoms with Gasteiger partial charge < -0.3 is 4.57 Å². The second-order valence-electron chi connectivity index (χ2n) is 6.13. The number of nitrogens with zero attached hydrogens (tertiary/aromatic N) is 1. The van der Waals surface area contributed by atoms with Gasteiger partial charge in [-0.3, -0.25) is 4.79 Å². The molecule has 1 heterocycles. The first kappa shape index (κ1) is 17.3. The summed E-state index contributed by atoms with van der Waals surface area (Å²) in [6, 6.07) is 12.2. The van der Waals surface area contributed by atoms with E-state index in [1.165, 1.54) is 12.1 Å². The maximum absolute atomic E-state index is 12.9. The lowest BCUT2D eigenvalue weighted by molar-refractivity contribution is -0.137. The largest absolute Gasteiger partial charge is 0.416 e. The summed E-state index contributed by atoms with van der Waals surface area (Å²) in [5.41, 5.74) is 0.563. The smallest absolute Gasteiger partial charge is 0.344 e. The fourth-order valence-corrected chi connectivity index (χ4v) is 2.94. The van der Waals surface area contributed by atoms with Gasteiger partial charge in [0, 0.05) is 34.3 Å². The van der Waals surface area contributed by atoms with Crippen LogP contribution < -0.4 is 0 Å². The number of para-hydroxylation sites is 1. The zero-order chi connectivity index (χ0) is 18.2. The standard InChI is InChI=1S/C20H18F3NO/c1-3-13(2)24-12-17(16-9-4-5-10-18(16)24)19(25)14-7-6-8-15(11-14)20(21,22)23/h4-13H,3H2,1-2H3. The SMILES string of the molecule is CCC(C)n1cc(C(=O)c2cccc(C(F)(F)F)c2)c2ccccc21. The van der Waals surface area contributed by atoms with E-state index >= 15 is 0 Å². The van der Waals surface area contributed by atoms with Gasteiger partial charge in [0.25, 0.3) is 0 Å². The van der Waals surface area contributed by atoms with E-state index in [-0.39, 0.29) is 11.6 Å². The summed E-state index contributed by atoms with van der Waals surface area (Å²) in [5, 5.41) is 0.755. The van der Waals surface area contributed by atoms with Gasteiger partial charge in [-0.1, -0.05) is 37.3 Å². The average molecular weight is 345 g/mol. The number of halogens is 3. The van der Waals surface area contributed by atoms with Crippen LogP contribution in [0.2, 0.25) is 0 Å². The molecule has 0 bridgehead atoms. The van der Waals surface area contributed by atoms with E-state index < -0.39 is 17.5 Å². The number of carbonyl (C=O) groups is 1. The van der Waals surface area contributed by atoms with Crippen LogP contribution in [0.3, 0.4) is 0 Å². The van der Waals surface area contributed by atoms with Crippen LogP contribution in [0.25, 0.3) is 10.9 Å². The molecule has 0 N–H and O–H groups in total. The molecule has 1 unspecified atom stereocenters. The first-order valence-electron chi connectivity index (χ1n) is 8.14. The highest BCUT2D eigenvalue weighted by molar-refractivity contribution is 6.16. The Morgan fingerprint density at radius 3 is 2.52 bits per heavy atom. The lowest BCUT2D eigenvalue weighted by atomic mass is 10.0. The summed E-state index contributed by atoms with van der Waals surface area (Å²) in [6.07, 6.45) is -1.84. The number of benzene rings is 2. The Kier molecular flexibility index (Phi) is 4.41. The van der Waals surface area contributed by atoms with Crippen molar-refractivity contribution in [3.8, 4) is 0 Å². The Morgan fingerprint density at radius 1 is 1.12 bits per heavy atom. The van der Waals surface area contributed by atoms with Gasteiger partial charge in [0.2, 0.25) is 0 Å². The van der Waals surface area contributed by atoms with Gasteiger partial charge in [-0.05, 0) is 31.5 Å². The zero-order valence-electron chi connectivity index (χ0n) is 14.0. The van der Waals surface area contributed by atoms with E-state index in [0.29, 0.717) is 5.56 Å². The second kappa shape index (κ2) is 6.39. The number of alkyl halides is 3. The molecule has 2 nitrogen and oxygen atoms in total. The molecule has 5 heteroatoms. The summed E-state index contributed by atoms with van der Waals surface area (Å²) in [6.45, 7) is 4.10. The minimum atomic E-state index is -4.47. The van der Waals surface area contributed by atoms with Crippen molar-refractivity contribution >= 4 is 16.7 Å². The molecule has 0 saturated heterocycles. The van der Waals surface area contributed by atoms with Crippen LogP contribution in [0.4, 0.5) is 13.2 Å². The molecule has 2 aromatic carbocycles. The molecule has 1 aromatic heterocycles. The molecule has 0 fully saturated rings. The van der Waals surface area contributed by atoms with Crippen molar-refractivity contribution in [1.82, 2.24) is 4.57 Å². The molecule has 130 valence electrons. The van der Waals surface area contributed by atoms with E-state index in [0.717, 1.165) is 29.5 Å². The van der Waals surface area contributed by atoms with E-state index in [4.69, 9.17) is 0 Å². The summed E-state index contributed by atoms with van der Waals surface area (Å²) in [5.74, 6) is -0.399. The monoisotopic (exact) mass is 345 g/mol. The quantitative estimate of drug-likeness (QED) is 0.543. The second-order valence-corrected chi connectivity index (χ2v) is 6.13. The van der Waals surface area contributed by atoms with E-state index in [2.05, 4.69) is 0 Å². The van der Waals surface area contributed by atoms with Crippen LogP contribution in [-0.4, -0.2) is 10.4 Å². The Labute approximate surface area is 143 Å². The van der Waals surface area contributed by atoms with Crippen molar-refractivity contribution < 1.29 is 18.0 Å². The Morgan fingerprint density at radius 2 is 1.84 bits per heavy atom. The van der Waals surface area contributed by atoms with Gasteiger partial charge in [0.05, 0.1) is 5.56 Å². The normalized spacial score (nSPS) is 13.2. The van der Waals surface area contributed by atoms with Crippen molar-refractivity contribution in [3.63, 3.8) is 0 Å². The first-order valence-corrected chi connectivity index (χ1v) is 8.14. The fraction of sp³-hybridized carbons (Fsp3) is 0.250. The Bertz CT molecular complexity index is 924. The fourth-order valence-electron chi connectivity index (χ4n) is 2.94. The third-order valence-electron chi connectivity index (χ3n) is 4.50. The van der Waals surface area contributed by atoms with Gasteiger partial charge in [0.1, 0.15) is 0 Å². The maximum atomic E-state index is 12.9. The predicted molar refractivity (Wildman–Crippen MR) is 91.8 cm³/mol.